The molecule has 2 aromatic carbocycles. The average Bonchev–Trinajstić information content (AvgIpc) is 2.65. The maximum absolute atomic E-state index is 12.5. The van der Waals surface area contributed by atoms with Crippen molar-refractivity contribution in [3.8, 4) is 0 Å². The van der Waals surface area contributed by atoms with Gasteiger partial charge in [0.15, 0.2) is 0 Å². The van der Waals surface area contributed by atoms with Gasteiger partial charge in [-0.05, 0) is 24.3 Å². The number of carbonyl (C=O) groups is 1. The van der Waals surface area contributed by atoms with Crippen LogP contribution in [0.3, 0.4) is 0 Å². The molecule has 1 aliphatic rings. The highest BCUT2D eigenvalue weighted by Gasteiger charge is 2.30. The van der Waals surface area contributed by atoms with Crippen LogP contribution in [0.1, 0.15) is 11.1 Å². The molecule has 0 fully saturated rings. The molecule has 0 radical (unpaired) electrons. The number of likely N-dealkylation sites (N-methyl/N-ethyl adjacent to an activating group) is 1. The van der Waals surface area contributed by atoms with Gasteiger partial charge in [-0.2, -0.15) is 0 Å². The normalized spacial score (nSPS) is 17.6. The first kappa shape index (κ1) is 16.0. The zero-order chi connectivity index (χ0) is 16.6. The molecule has 0 bridgehead atoms. The number of fused-ring (bicyclic) bond motifs is 1. The standard InChI is InChI=1S/C17H14Cl2N2O2/c1-21-14-8-7-10(18)9-12(14)15(20-16(23-2)17(21)22)11-5-3-4-6-13(11)19/h3-9,16H,1-2H3/t16-/m0/s1. The van der Waals surface area contributed by atoms with E-state index in [0.717, 1.165) is 11.1 Å². The Labute approximate surface area is 144 Å². The number of benzodiazepines with no additional fused rings is 1. The van der Waals surface area contributed by atoms with E-state index in [9.17, 15) is 4.79 Å². The summed E-state index contributed by atoms with van der Waals surface area (Å²) < 4.78 is 5.25. The summed E-state index contributed by atoms with van der Waals surface area (Å²) in [6, 6.07) is 12.7. The van der Waals surface area contributed by atoms with Crippen molar-refractivity contribution >= 4 is 40.5 Å². The van der Waals surface area contributed by atoms with Crippen LogP contribution in [0.4, 0.5) is 5.69 Å². The fraction of sp³-hybridized carbons (Fsp3) is 0.176. The molecule has 0 spiro atoms. The number of hydrogen-bond acceptors (Lipinski definition) is 3. The van der Waals surface area contributed by atoms with Crippen LogP contribution in [-0.4, -0.2) is 32.0 Å². The second-order valence-corrected chi connectivity index (χ2v) is 5.95. The lowest BCUT2D eigenvalue weighted by Crippen LogP contribution is -2.35. The number of rotatable bonds is 2. The van der Waals surface area contributed by atoms with Crippen LogP contribution in [0, 0.1) is 0 Å². The third kappa shape index (κ3) is 2.85. The molecule has 1 heterocycles. The number of aliphatic imine (C=N–C) groups is 1. The van der Waals surface area contributed by atoms with E-state index in [0.29, 0.717) is 21.4 Å². The number of ether oxygens (including phenoxy) is 1. The van der Waals surface area contributed by atoms with Crippen LogP contribution in [0.25, 0.3) is 0 Å². The predicted molar refractivity (Wildman–Crippen MR) is 92.8 cm³/mol. The molecule has 3 rings (SSSR count). The van der Waals surface area contributed by atoms with Gasteiger partial charge >= 0.3 is 0 Å². The Balaban J connectivity index is 2.31. The molecule has 118 valence electrons. The molecule has 0 saturated carbocycles. The van der Waals surface area contributed by atoms with E-state index in [4.69, 9.17) is 27.9 Å². The minimum absolute atomic E-state index is 0.252. The molecule has 1 aliphatic heterocycles. The molecule has 0 unspecified atom stereocenters. The first-order valence-electron chi connectivity index (χ1n) is 6.96. The summed E-state index contributed by atoms with van der Waals surface area (Å²) in [4.78, 5) is 18.5. The van der Waals surface area contributed by atoms with E-state index >= 15 is 0 Å². The molecule has 1 atom stereocenters. The molecule has 0 aliphatic carbocycles. The van der Waals surface area contributed by atoms with Crippen LogP contribution < -0.4 is 4.90 Å². The molecule has 0 saturated heterocycles. The Kier molecular flexibility index (Phi) is 4.39. The predicted octanol–water partition coefficient (Wildman–Crippen LogP) is 3.78. The monoisotopic (exact) mass is 348 g/mol. The number of anilines is 1. The number of carbonyl (C=O) groups excluding carboxylic acids is 1. The summed E-state index contributed by atoms with van der Waals surface area (Å²) in [6.07, 6.45) is -0.933. The molecule has 4 nitrogen and oxygen atoms in total. The third-order valence-corrected chi connectivity index (χ3v) is 4.28. The van der Waals surface area contributed by atoms with Gasteiger partial charge in [-0.3, -0.25) is 4.79 Å². The molecular formula is C17H14Cl2N2O2. The van der Waals surface area contributed by atoms with Crippen LogP contribution in [0.5, 0.6) is 0 Å². The van der Waals surface area contributed by atoms with E-state index < -0.39 is 6.23 Å². The average molecular weight is 349 g/mol. The number of amides is 1. The molecule has 6 heteroatoms. The van der Waals surface area contributed by atoms with E-state index in [1.807, 2.05) is 18.2 Å². The summed E-state index contributed by atoms with van der Waals surface area (Å²) in [5.41, 5.74) is 2.75. The van der Waals surface area contributed by atoms with Gasteiger partial charge in [0.1, 0.15) is 0 Å². The Hall–Kier alpha value is -1.88. The van der Waals surface area contributed by atoms with Gasteiger partial charge in [0, 0.05) is 35.3 Å². The van der Waals surface area contributed by atoms with Crippen molar-refractivity contribution in [3.05, 3.63) is 63.6 Å². The van der Waals surface area contributed by atoms with Crippen LogP contribution in [-0.2, 0) is 9.53 Å². The van der Waals surface area contributed by atoms with Gasteiger partial charge in [-0.1, -0.05) is 41.4 Å². The SMILES string of the molecule is CO[C@@H]1N=C(c2ccccc2Cl)c2cc(Cl)ccc2N(C)C1=O. The quantitative estimate of drug-likeness (QED) is 0.828. The Morgan fingerprint density at radius 2 is 1.87 bits per heavy atom. The van der Waals surface area contributed by atoms with Crippen molar-refractivity contribution in [1.29, 1.82) is 0 Å². The lowest BCUT2D eigenvalue weighted by atomic mass is 10.0. The van der Waals surface area contributed by atoms with Gasteiger partial charge in [-0.25, -0.2) is 4.99 Å². The number of methoxy groups -OCH3 is 1. The number of benzene rings is 2. The Morgan fingerprint density at radius 1 is 1.13 bits per heavy atom. The third-order valence-electron chi connectivity index (χ3n) is 3.72. The van der Waals surface area contributed by atoms with Crippen molar-refractivity contribution in [1.82, 2.24) is 0 Å². The summed E-state index contributed by atoms with van der Waals surface area (Å²) in [5, 5.41) is 1.10. The lowest BCUT2D eigenvalue weighted by molar-refractivity contribution is -0.127. The van der Waals surface area contributed by atoms with Crippen molar-refractivity contribution < 1.29 is 9.53 Å². The van der Waals surface area contributed by atoms with Gasteiger partial charge in [0.05, 0.1) is 11.4 Å². The van der Waals surface area contributed by atoms with Crippen molar-refractivity contribution in [2.45, 2.75) is 6.23 Å². The first-order chi connectivity index (χ1) is 11.0. The summed E-state index contributed by atoms with van der Waals surface area (Å²) in [6.45, 7) is 0. The van der Waals surface area contributed by atoms with Crippen LogP contribution in [0.2, 0.25) is 10.0 Å². The first-order valence-corrected chi connectivity index (χ1v) is 7.71. The van der Waals surface area contributed by atoms with Gasteiger partial charge in [0.2, 0.25) is 6.23 Å². The number of hydrogen-bond donors (Lipinski definition) is 0. The minimum atomic E-state index is -0.933. The molecule has 23 heavy (non-hydrogen) atoms. The molecule has 0 aromatic heterocycles. The summed E-state index contributed by atoms with van der Waals surface area (Å²) in [5.74, 6) is -0.252. The van der Waals surface area contributed by atoms with E-state index in [1.165, 1.54) is 12.0 Å². The highest BCUT2D eigenvalue weighted by atomic mass is 35.5. The van der Waals surface area contributed by atoms with Crippen molar-refractivity contribution in [2.24, 2.45) is 4.99 Å². The zero-order valence-electron chi connectivity index (χ0n) is 12.6. The highest BCUT2D eigenvalue weighted by molar-refractivity contribution is 6.37. The summed E-state index contributed by atoms with van der Waals surface area (Å²) in [7, 11) is 3.14. The molecular weight excluding hydrogens is 335 g/mol. The second kappa shape index (κ2) is 6.32. The van der Waals surface area contributed by atoms with Crippen LogP contribution in [0.15, 0.2) is 47.5 Å². The Morgan fingerprint density at radius 3 is 2.57 bits per heavy atom. The van der Waals surface area contributed by atoms with Crippen molar-refractivity contribution in [3.63, 3.8) is 0 Å². The van der Waals surface area contributed by atoms with Gasteiger partial charge in [-0.15, -0.1) is 0 Å². The van der Waals surface area contributed by atoms with Crippen LogP contribution >= 0.6 is 23.2 Å². The van der Waals surface area contributed by atoms with Gasteiger partial charge in [0.25, 0.3) is 5.91 Å². The van der Waals surface area contributed by atoms with E-state index in [2.05, 4.69) is 4.99 Å². The lowest BCUT2D eigenvalue weighted by Gasteiger charge is -2.19. The molecule has 2 aromatic rings. The minimum Gasteiger partial charge on any atom is -0.352 e. The fourth-order valence-electron chi connectivity index (χ4n) is 2.54. The van der Waals surface area contributed by atoms with E-state index in [1.54, 1.807) is 31.3 Å². The summed E-state index contributed by atoms with van der Waals surface area (Å²) >= 11 is 12.5. The molecule has 0 N–H and O–H groups in total. The largest absolute Gasteiger partial charge is 0.352 e. The zero-order valence-corrected chi connectivity index (χ0v) is 14.1. The second-order valence-electron chi connectivity index (χ2n) is 5.10. The highest BCUT2D eigenvalue weighted by Crippen LogP contribution is 2.32. The Bertz CT molecular complexity index is 805. The van der Waals surface area contributed by atoms with Gasteiger partial charge < -0.3 is 9.64 Å². The maximum Gasteiger partial charge on any atom is 0.278 e. The fourth-order valence-corrected chi connectivity index (χ4v) is 2.94. The smallest absolute Gasteiger partial charge is 0.278 e. The van der Waals surface area contributed by atoms with Crippen molar-refractivity contribution in [2.75, 3.05) is 19.1 Å². The number of nitrogens with zero attached hydrogens (tertiary/aromatic N) is 2. The topological polar surface area (TPSA) is 41.9 Å². The maximum atomic E-state index is 12.5. The number of halogens is 2. The van der Waals surface area contributed by atoms with E-state index in [-0.39, 0.29) is 5.91 Å². The molecule has 1 amide bonds.